The van der Waals surface area contributed by atoms with Gasteiger partial charge in [0.1, 0.15) is 0 Å². The standard InChI is InChI=1S/C25H38O4S/c1-4-21(28)30-20-15-16-14-17(27)6-10-23(16,2)18-7-11-24(3)19(22(18)20)8-12-25(24,29)9-5-13-26/h14,18-20,22,26,29H,4-13,15H2,1-3H3/t18-,19-,20+,22+,23-,24-,25-/m0/s1. The van der Waals surface area contributed by atoms with E-state index in [4.69, 9.17) is 0 Å². The van der Waals surface area contributed by atoms with Crippen molar-refractivity contribution in [2.75, 3.05) is 6.61 Å². The van der Waals surface area contributed by atoms with Crippen LogP contribution in [0.1, 0.15) is 85.0 Å². The van der Waals surface area contributed by atoms with Crippen LogP contribution in [0.3, 0.4) is 0 Å². The lowest BCUT2D eigenvalue weighted by Crippen LogP contribution is -2.57. The Morgan fingerprint density at radius 1 is 1.20 bits per heavy atom. The number of rotatable bonds is 5. The Labute approximate surface area is 185 Å². The Bertz CT molecular complexity index is 747. The molecule has 168 valence electrons. The van der Waals surface area contributed by atoms with E-state index in [0.29, 0.717) is 43.4 Å². The quantitative estimate of drug-likeness (QED) is 0.658. The second-order valence-electron chi connectivity index (χ2n) is 10.8. The van der Waals surface area contributed by atoms with Crippen molar-refractivity contribution in [3.8, 4) is 0 Å². The summed E-state index contributed by atoms with van der Waals surface area (Å²) in [6.45, 7) is 6.69. The van der Waals surface area contributed by atoms with Gasteiger partial charge >= 0.3 is 0 Å². The summed E-state index contributed by atoms with van der Waals surface area (Å²) in [7, 11) is 0. The molecule has 5 heteroatoms. The summed E-state index contributed by atoms with van der Waals surface area (Å²) < 4.78 is 0. The maximum atomic E-state index is 12.5. The molecule has 0 aromatic heterocycles. The van der Waals surface area contributed by atoms with Crippen LogP contribution >= 0.6 is 11.8 Å². The highest BCUT2D eigenvalue weighted by molar-refractivity contribution is 8.14. The molecular weight excluding hydrogens is 396 g/mol. The Morgan fingerprint density at radius 3 is 2.63 bits per heavy atom. The highest BCUT2D eigenvalue weighted by Gasteiger charge is 2.65. The van der Waals surface area contributed by atoms with Crippen molar-refractivity contribution in [3.05, 3.63) is 11.6 Å². The number of carbonyl (C=O) groups excluding carboxylic acids is 2. The molecule has 2 N–H and O–H groups in total. The van der Waals surface area contributed by atoms with Crippen LogP contribution in [0.5, 0.6) is 0 Å². The zero-order chi connectivity index (χ0) is 21.7. The third kappa shape index (κ3) is 3.34. The predicted molar refractivity (Wildman–Crippen MR) is 120 cm³/mol. The van der Waals surface area contributed by atoms with Crippen molar-refractivity contribution < 1.29 is 19.8 Å². The number of fused-ring (bicyclic) bond motifs is 5. The Balaban J connectivity index is 1.72. The average molecular weight is 435 g/mol. The van der Waals surface area contributed by atoms with E-state index in [2.05, 4.69) is 13.8 Å². The van der Waals surface area contributed by atoms with Crippen LogP contribution in [-0.2, 0) is 9.59 Å². The molecule has 0 bridgehead atoms. The molecule has 0 unspecified atom stereocenters. The van der Waals surface area contributed by atoms with Gasteiger partial charge < -0.3 is 10.2 Å². The molecule has 4 aliphatic carbocycles. The second-order valence-corrected chi connectivity index (χ2v) is 12.1. The van der Waals surface area contributed by atoms with Crippen molar-refractivity contribution in [3.63, 3.8) is 0 Å². The molecule has 30 heavy (non-hydrogen) atoms. The largest absolute Gasteiger partial charge is 0.396 e. The molecule has 0 heterocycles. The first-order valence-electron chi connectivity index (χ1n) is 11.9. The molecule has 0 spiro atoms. The number of ketones is 1. The van der Waals surface area contributed by atoms with E-state index in [9.17, 15) is 19.8 Å². The van der Waals surface area contributed by atoms with Crippen molar-refractivity contribution in [2.24, 2.45) is 28.6 Å². The molecule has 3 saturated carbocycles. The Morgan fingerprint density at radius 2 is 1.93 bits per heavy atom. The van der Waals surface area contributed by atoms with Crippen LogP contribution in [0, 0.1) is 28.6 Å². The molecule has 4 rings (SSSR count). The third-order valence-electron chi connectivity index (χ3n) is 9.60. The van der Waals surface area contributed by atoms with E-state index >= 15 is 0 Å². The summed E-state index contributed by atoms with van der Waals surface area (Å²) in [5, 5.41) is 21.5. The monoisotopic (exact) mass is 434 g/mol. The van der Waals surface area contributed by atoms with Gasteiger partial charge in [-0.2, -0.15) is 0 Å². The average Bonchev–Trinajstić information content (AvgIpc) is 2.98. The van der Waals surface area contributed by atoms with Crippen LogP contribution in [-0.4, -0.2) is 38.6 Å². The van der Waals surface area contributed by atoms with Gasteiger partial charge in [0.05, 0.1) is 5.60 Å². The lowest BCUT2D eigenvalue weighted by molar-refractivity contribution is -0.132. The van der Waals surface area contributed by atoms with Gasteiger partial charge in [-0.1, -0.05) is 38.1 Å². The van der Waals surface area contributed by atoms with E-state index in [1.54, 1.807) is 0 Å². The zero-order valence-electron chi connectivity index (χ0n) is 18.8. The summed E-state index contributed by atoms with van der Waals surface area (Å²) in [5.41, 5.74) is 0.463. The van der Waals surface area contributed by atoms with E-state index in [-0.39, 0.29) is 33.6 Å². The van der Waals surface area contributed by atoms with Gasteiger partial charge in [0.25, 0.3) is 0 Å². The molecule has 0 amide bonds. The highest BCUT2D eigenvalue weighted by atomic mass is 32.2. The Kier molecular flexibility index (Phi) is 6.04. The van der Waals surface area contributed by atoms with Crippen molar-refractivity contribution in [2.45, 2.75) is 95.8 Å². The molecule has 0 radical (unpaired) electrons. The van der Waals surface area contributed by atoms with Crippen LogP contribution in [0.4, 0.5) is 0 Å². The van der Waals surface area contributed by atoms with Crippen molar-refractivity contribution in [1.29, 1.82) is 0 Å². The molecule has 0 aromatic rings. The fourth-order valence-corrected chi connectivity index (χ4v) is 9.07. The molecule has 0 saturated heterocycles. The van der Waals surface area contributed by atoms with Crippen LogP contribution in [0.25, 0.3) is 0 Å². The van der Waals surface area contributed by atoms with Gasteiger partial charge in [-0.15, -0.1) is 0 Å². The number of aliphatic hydroxyl groups is 2. The smallest absolute Gasteiger partial charge is 0.188 e. The summed E-state index contributed by atoms with van der Waals surface area (Å²) in [5.74, 6) is 1.53. The number of hydrogen-bond donors (Lipinski definition) is 2. The highest BCUT2D eigenvalue weighted by Crippen LogP contribution is 2.69. The molecular formula is C25H38O4S. The maximum absolute atomic E-state index is 12.5. The summed E-state index contributed by atoms with van der Waals surface area (Å²) >= 11 is 1.51. The molecule has 3 fully saturated rings. The first-order valence-corrected chi connectivity index (χ1v) is 12.8. The summed E-state index contributed by atoms with van der Waals surface area (Å²) in [4.78, 5) is 24.7. The maximum Gasteiger partial charge on any atom is 0.188 e. The number of thioether (sulfide) groups is 1. The first kappa shape index (κ1) is 22.5. The normalized spacial score (nSPS) is 45.4. The Hall–Kier alpha value is -0.650. The van der Waals surface area contributed by atoms with Gasteiger partial charge in [-0.05, 0) is 86.0 Å². The zero-order valence-corrected chi connectivity index (χ0v) is 19.6. The molecule has 0 aliphatic heterocycles. The minimum absolute atomic E-state index is 0.0536. The van der Waals surface area contributed by atoms with E-state index in [1.807, 2.05) is 13.0 Å². The lowest BCUT2D eigenvalue weighted by atomic mass is 9.46. The fourth-order valence-electron chi connectivity index (χ4n) is 7.77. The molecule has 7 atom stereocenters. The summed E-state index contributed by atoms with van der Waals surface area (Å²) in [6, 6.07) is 0. The number of allylic oxidation sites excluding steroid dienone is 1. The van der Waals surface area contributed by atoms with Crippen LogP contribution in [0.2, 0.25) is 0 Å². The van der Waals surface area contributed by atoms with Gasteiger partial charge in [0.2, 0.25) is 0 Å². The van der Waals surface area contributed by atoms with E-state index in [0.717, 1.165) is 38.5 Å². The minimum Gasteiger partial charge on any atom is -0.396 e. The van der Waals surface area contributed by atoms with Crippen LogP contribution < -0.4 is 0 Å². The first-order chi connectivity index (χ1) is 14.2. The second kappa shape index (κ2) is 8.04. The number of carbonyl (C=O) groups is 2. The lowest BCUT2D eigenvalue weighted by Gasteiger charge is -2.61. The van der Waals surface area contributed by atoms with Gasteiger partial charge in [-0.3, -0.25) is 9.59 Å². The SMILES string of the molecule is CCC(=O)S[C@@H]1CC2=CC(=O)CC[C@]2(C)[C@H]2CC[C@@]3(C)[C@@H](CC[C@@]3(O)CCCO)[C@H]12. The van der Waals surface area contributed by atoms with Crippen molar-refractivity contribution in [1.82, 2.24) is 0 Å². The number of aliphatic hydroxyl groups excluding tert-OH is 1. The van der Waals surface area contributed by atoms with E-state index in [1.165, 1.54) is 17.3 Å². The van der Waals surface area contributed by atoms with Crippen LogP contribution in [0.15, 0.2) is 11.6 Å². The minimum atomic E-state index is -0.713. The van der Waals surface area contributed by atoms with Gasteiger partial charge in [0, 0.05) is 24.7 Å². The summed E-state index contributed by atoms with van der Waals surface area (Å²) in [6.07, 6.45) is 10.0. The topological polar surface area (TPSA) is 74.6 Å². The molecule has 4 nitrogen and oxygen atoms in total. The van der Waals surface area contributed by atoms with Gasteiger partial charge in [0.15, 0.2) is 10.9 Å². The van der Waals surface area contributed by atoms with Crippen molar-refractivity contribution >= 4 is 22.7 Å². The van der Waals surface area contributed by atoms with E-state index < -0.39 is 5.60 Å². The third-order valence-corrected chi connectivity index (χ3v) is 10.9. The number of hydrogen-bond acceptors (Lipinski definition) is 5. The fraction of sp³-hybridized carbons (Fsp3) is 0.840. The molecule has 4 aliphatic rings. The predicted octanol–water partition coefficient (Wildman–Crippen LogP) is 4.67. The van der Waals surface area contributed by atoms with Gasteiger partial charge in [-0.25, -0.2) is 0 Å². The molecule has 0 aromatic carbocycles.